The zero-order valence-corrected chi connectivity index (χ0v) is 21.8. The Kier molecular flexibility index (Phi) is 6.57. The molecule has 1 fully saturated rings. The third kappa shape index (κ3) is 4.64. The summed E-state index contributed by atoms with van der Waals surface area (Å²) in [6.45, 7) is 2.34. The summed E-state index contributed by atoms with van der Waals surface area (Å²) in [5, 5.41) is 4.19. The van der Waals surface area contributed by atoms with Crippen molar-refractivity contribution in [1.29, 1.82) is 0 Å². The van der Waals surface area contributed by atoms with Gasteiger partial charge in [0, 0.05) is 48.1 Å². The van der Waals surface area contributed by atoms with Gasteiger partial charge in [0.05, 0.1) is 5.02 Å². The summed E-state index contributed by atoms with van der Waals surface area (Å²) < 4.78 is 1.97. The first-order valence-electron chi connectivity index (χ1n) is 12.2. The fourth-order valence-electron chi connectivity index (χ4n) is 4.62. The highest BCUT2D eigenvalue weighted by Gasteiger charge is 2.26. The van der Waals surface area contributed by atoms with Crippen LogP contribution in [0.3, 0.4) is 0 Å². The SMILES string of the molecule is O=C(Nc1ccccc1)N1CCN(c2ncnc3c2nc(-c2ccccc2Cl)n3-c2ccc(Cl)cc2)CC1. The quantitative estimate of drug-likeness (QED) is 0.294. The summed E-state index contributed by atoms with van der Waals surface area (Å²) in [6, 6.07) is 24.5. The predicted octanol–water partition coefficient (Wildman–Crippen LogP) is 6.14. The van der Waals surface area contributed by atoms with Crippen molar-refractivity contribution in [3.05, 3.63) is 95.2 Å². The van der Waals surface area contributed by atoms with Gasteiger partial charge in [-0.15, -0.1) is 0 Å². The topological polar surface area (TPSA) is 79.2 Å². The second kappa shape index (κ2) is 10.3. The number of piperazine rings is 1. The van der Waals surface area contributed by atoms with E-state index < -0.39 is 0 Å². The zero-order valence-electron chi connectivity index (χ0n) is 20.3. The third-order valence-corrected chi connectivity index (χ3v) is 7.10. The number of fused-ring (bicyclic) bond motifs is 1. The number of hydrogen-bond acceptors (Lipinski definition) is 5. The Labute approximate surface area is 229 Å². The minimum absolute atomic E-state index is 0.114. The van der Waals surface area contributed by atoms with Gasteiger partial charge in [0.1, 0.15) is 12.2 Å². The highest BCUT2D eigenvalue weighted by Crippen LogP contribution is 2.35. The van der Waals surface area contributed by atoms with Gasteiger partial charge in [-0.25, -0.2) is 19.7 Å². The molecule has 2 amide bonds. The van der Waals surface area contributed by atoms with Crippen molar-refractivity contribution >= 4 is 51.9 Å². The van der Waals surface area contributed by atoms with E-state index in [4.69, 9.17) is 28.2 Å². The molecule has 0 aliphatic carbocycles. The predicted molar refractivity (Wildman–Crippen MR) is 151 cm³/mol. The lowest BCUT2D eigenvalue weighted by molar-refractivity contribution is 0.208. The lowest BCUT2D eigenvalue weighted by atomic mass is 10.2. The fraction of sp³-hybridized carbons (Fsp3) is 0.143. The van der Waals surface area contributed by atoms with Crippen LogP contribution in [-0.2, 0) is 0 Å². The fourth-order valence-corrected chi connectivity index (χ4v) is 4.96. The van der Waals surface area contributed by atoms with E-state index >= 15 is 0 Å². The van der Waals surface area contributed by atoms with Crippen LogP contribution in [0.4, 0.5) is 16.3 Å². The molecule has 10 heteroatoms. The Bertz CT molecular complexity index is 1600. The average molecular weight is 544 g/mol. The van der Waals surface area contributed by atoms with Gasteiger partial charge in [-0.2, -0.15) is 0 Å². The molecule has 0 unspecified atom stereocenters. The van der Waals surface area contributed by atoms with Crippen LogP contribution in [0.1, 0.15) is 0 Å². The molecule has 190 valence electrons. The number of para-hydroxylation sites is 1. The van der Waals surface area contributed by atoms with E-state index in [1.807, 2.05) is 88.3 Å². The maximum Gasteiger partial charge on any atom is 0.321 e. The smallest absolute Gasteiger partial charge is 0.321 e. The molecule has 8 nitrogen and oxygen atoms in total. The first-order valence-corrected chi connectivity index (χ1v) is 12.9. The standard InChI is InChI=1S/C28H23Cl2N7O/c29-19-10-12-21(13-11-19)37-25(22-8-4-5-9-23(22)30)34-24-26(31-18-32-27(24)37)35-14-16-36(17-15-35)28(38)33-20-6-2-1-3-7-20/h1-13,18H,14-17H2,(H,33,38). The van der Waals surface area contributed by atoms with Crippen molar-refractivity contribution in [2.24, 2.45) is 0 Å². The molecule has 1 N–H and O–H groups in total. The van der Waals surface area contributed by atoms with Crippen LogP contribution >= 0.6 is 23.2 Å². The molecule has 5 aromatic rings. The number of imidazole rings is 1. The van der Waals surface area contributed by atoms with E-state index in [0.717, 1.165) is 22.8 Å². The maximum absolute atomic E-state index is 12.8. The van der Waals surface area contributed by atoms with Crippen molar-refractivity contribution in [2.75, 3.05) is 36.4 Å². The maximum atomic E-state index is 12.8. The van der Waals surface area contributed by atoms with E-state index in [9.17, 15) is 4.79 Å². The summed E-state index contributed by atoms with van der Waals surface area (Å²) in [7, 11) is 0. The van der Waals surface area contributed by atoms with Gasteiger partial charge in [0.15, 0.2) is 17.0 Å². The number of carbonyl (C=O) groups is 1. The highest BCUT2D eigenvalue weighted by molar-refractivity contribution is 6.33. The van der Waals surface area contributed by atoms with E-state index in [0.29, 0.717) is 53.2 Å². The van der Waals surface area contributed by atoms with Gasteiger partial charge in [0.25, 0.3) is 0 Å². The Morgan fingerprint density at radius 3 is 2.26 bits per heavy atom. The highest BCUT2D eigenvalue weighted by atomic mass is 35.5. The number of urea groups is 1. The van der Waals surface area contributed by atoms with Crippen LogP contribution < -0.4 is 10.2 Å². The summed E-state index contributed by atoms with van der Waals surface area (Å²) in [4.78, 5) is 31.0. The monoisotopic (exact) mass is 543 g/mol. The second-order valence-corrected chi connectivity index (χ2v) is 9.71. The minimum Gasteiger partial charge on any atom is -0.351 e. The number of benzene rings is 3. The first-order chi connectivity index (χ1) is 18.6. The van der Waals surface area contributed by atoms with Gasteiger partial charge in [-0.3, -0.25) is 4.57 Å². The van der Waals surface area contributed by atoms with Crippen LogP contribution in [0.2, 0.25) is 10.0 Å². The molecule has 1 aliphatic heterocycles. The Morgan fingerprint density at radius 1 is 0.816 bits per heavy atom. The lowest BCUT2D eigenvalue weighted by Crippen LogP contribution is -2.50. The first kappa shape index (κ1) is 24.2. The van der Waals surface area contributed by atoms with Crippen LogP contribution in [0.15, 0.2) is 85.2 Å². The molecular formula is C28H23Cl2N7O. The average Bonchev–Trinajstić information content (AvgIpc) is 3.34. The van der Waals surface area contributed by atoms with Crippen molar-refractivity contribution in [2.45, 2.75) is 0 Å². The molecule has 3 heterocycles. The minimum atomic E-state index is -0.114. The molecule has 1 aliphatic rings. The van der Waals surface area contributed by atoms with Crippen molar-refractivity contribution in [1.82, 2.24) is 24.4 Å². The number of amides is 2. The molecule has 0 spiro atoms. The Morgan fingerprint density at radius 2 is 1.53 bits per heavy atom. The molecule has 0 radical (unpaired) electrons. The second-order valence-electron chi connectivity index (χ2n) is 8.87. The molecule has 0 atom stereocenters. The number of hydrogen-bond donors (Lipinski definition) is 1. The van der Waals surface area contributed by atoms with E-state index in [1.165, 1.54) is 0 Å². The third-order valence-electron chi connectivity index (χ3n) is 6.52. The van der Waals surface area contributed by atoms with Crippen molar-refractivity contribution in [3.8, 4) is 17.1 Å². The lowest BCUT2D eigenvalue weighted by Gasteiger charge is -2.35. The van der Waals surface area contributed by atoms with Crippen LogP contribution in [-0.4, -0.2) is 56.6 Å². The number of aromatic nitrogens is 4. The molecule has 3 aromatic carbocycles. The normalized spacial score (nSPS) is 13.6. The van der Waals surface area contributed by atoms with Gasteiger partial charge in [-0.1, -0.05) is 53.5 Å². The molecule has 38 heavy (non-hydrogen) atoms. The summed E-state index contributed by atoms with van der Waals surface area (Å²) in [6.07, 6.45) is 1.55. The number of nitrogens with one attached hydrogen (secondary N) is 1. The number of nitrogens with zero attached hydrogens (tertiary/aromatic N) is 6. The van der Waals surface area contributed by atoms with Gasteiger partial charge in [0.2, 0.25) is 0 Å². The largest absolute Gasteiger partial charge is 0.351 e. The number of carbonyl (C=O) groups excluding carboxylic acids is 1. The molecule has 0 saturated carbocycles. The molecular weight excluding hydrogens is 521 g/mol. The van der Waals surface area contributed by atoms with Gasteiger partial charge >= 0.3 is 6.03 Å². The number of halogens is 2. The van der Waals surface area contributed by atoms with Crippen LogP contribution in [0, 0.1) is 0 Å². The van der Waals surface area contributed by atoms with Crippen LogP contribution in [0.5, 0.6) is 0 Å². The Balaban J connectivity index is 1.34. The molecule has 0 bridgehead atoms. The molecule has 1 saturated heterocycles. The van der Waals surface area contributed by atoms with Gasteiger partial charge in [-0.05, 0) is 48.5 Å². The Hall–Kier alpha value is -4.14. The van der Waals surface area contributed by atoms with Crippen LogP contribution in [0.25, 0.3) is 28.2 Å². The van der Waals surface area contributed by atoms with Gasteiger partial charge < -0.3 is 15.1 Å². The van der Waals surface area contributed by atoms with Crippen molar-refractivity contribution < 1.29 is 4.79 Å². The van der Waals surface area contributed by atoms with Crippen molar-refractivity contribution in [3.63, 3.8) is 0 Å². The number of anilines is 2. The molecule has 6 rings (SSSR count). The zero-order chi connectivity index (χ0) is 26.1. The number of rotatable bonds is 4. The summed E-state index contributed by atoms with van der Waals surface area (Å²) in [5.41, 5.74) is 3.75. The van der Waals surface area contributed by atoms with E-state index in [2.05, 4.69) is 20.2 Å². The van der Waals surface area contributed by atoms with E-state index in [-0.39, 0.29) is 6.03 Å². The van der Waals surface area contributed by atoms with E-state index in [1.54, 1.807) is 6.33 Å². The summed E-state index contributed by atoms with van der Waals surface area (Å²) >= 11 is 12.8. The molecule has 2 aromatic heterocycles. The summed E-state index contributed by atoms with van der Waals surface area (Å²) in [5.74, 6) is 1.38.